The van der Waals surface area contributed by atoms with Gasteiger partial charge in [-0.2, -0.15) is 0 Å². The van der Waals surface area contributed by atoms with Crippen molar-refractivity contribution >= 4 is 0 Å². The van der Waals surface area contributed by atoms with Crippen LogP contribution in [0, 0.1) is 0 Å². The minimum atomic E-state index is 0.521. The maximum Gasteiger partial charge on any atom is 0.0324 e. The molecule has 18 heavy (non-hydrogen) atoms. The lowest BCUT2D eigenvalue weighted by Crippen LogP contribution is -2.56. The van der Waals surface area contributed by atoms with E-state index in [1.165, 1.54) is 24.9 Å². The van der Waals surface area contributed by atoms with Crippen molar-refractivity contribution in [3.05, 3.63) is 35.9 Å². The quantitative estimate of drug-likeness (QED) is 0.877. The van der Waals surface area contributed by atoms with E-state index >= 15 is 0 Å². The molecule has 0 saturated carbocycles. The van der Waals surface area contributed by atoms with E-state index in [0.717, 1.165) is 6.54 Å². The summed E-state index contributed by atoms with van der Waals surface area (Å²) in [6, 6.07) is 12.7. The van der Waals surface area contributed by atoms with Crippen molar-refractivity contribution in [2.24, 2.45) is 0 Å². The molecule has 0 radical (unpaired) electrons. The van der Waals surface area contributed by atoms with Crippen LogP contribution in [0.5, 0.6) is 0 Å². The average molecular weight is 246 g/mol. The molecular weight excluding hydrogens is 220 g/mol. The molecule has 2 rings (SSSR count). The fourth-order valence-corrected chi connectivity index (χ4v) is 2.94. The third kappa shape index (κ3) is 2.93. The highest BCUT2D eigenvalue weighted by Crippen LogP contribution is 2.25. The van der Waals surface area contributed by atoms with Crippen LogP contribution in [-0.4, -0.2) is 30.1 Å². The van der Waals surface area contributed by atoms with Gasteiger partial charge in [0.05, 0.1) is 0 Å². The van der Waals surface area contributed by atoms with Gasteiger partial charge in [-0.15, -0.1) is 0 Å². The van der Waals surface area contributed by atoms with E-state index in [4.69, 9.17) is 0 Å². The third-order valence-corrected chi connectivity index (χ3v) is 4.29. The maximum atomic E-state index is 3.66. The summed E-state index contributed by atoms with van der Waals surface area (Å²) in [5.41, 5.74) is 1.44. The van der Waals surface area contributed by atoms with E-state index in [0.29, 0.717) is 18.1 Å². The van der Waals surface area contributed by atoms with Crippen LogP contribution in [0.3, 0.4) is 0 Å². The monoisotopic (exact) mass is 246 g/mol. The van der Waals surface area contributed by atoms with Crippen LogP contribution in [0.25, 0.3) is 0 Å². The summed E-state index contributed by atoms with van der Waals surface area (Å²) in [5.74, 6) is 0. The van der Waals surface area contributed by atoms with E-state index in [1.807, 2.05) is 0 Å². The molecule has 100 valence electrons. The second-order valence-corrected chi connectivity index (χ2v) is 5.36. The van der Waals surface area contributed by atoms with Crippen LogP contribution in [0.1, 0.15) is 45.2 Å². The number of nitrogens with one attached hydrogen (secondary N) is 1. The minimum Gasteiger partial charge on any atom is -0.311 e. The first-order valence-electron chi connectivity index (χ1n) is 7.30. The van der Waals surface area contributed by atoms with Gasteiger partial charge in [-0.3, -0.25) is 4.90 Å². The lowest BCUT2D eigenvalue weighted by molar-refractivity contribution is 0.0850. The van der Waals surface area contributed by atoms with Crippen molar-refractivity contribution in [3.8, 4) is 0 Å². The molecule has 1 saturated heterocycles. The van der Waals surface area contributed by atoms with Gasteiger partial charge >= 0.3 is 0 Å². The maximum absolute atomic E-state index is 3.66. The zero-order chi connectivity index (χ0) is 13.0. The van der Waals surface area contributed by atoms with Gasteiger partial charge < -0.3 is 5.32 Å². The molecule has 1 fully saturated rings. The topological polar surface area (TPSA) is 15.3 Å². The lowest BCUT2D eigenvalue weighted by atomic mass is 9.99. The molecule has 1 N–H and O–H groups in total. The van der Waals surface area contributed by atoms with Gasteiger partial charge in [0.15, 0.2) is 0 Å². The van der Waals surface area contributed by atoms with Gasteiger partial charge in [0.2, 0.25) is 0 Å². The van der Waals surface area contributed by atoms with Crippen molar-refractivity contribution in [1.29, 1.82) is 0 Å². The van der Waals surface area contributed by atoms with Gasteiger partial charge in [0.1, 0.15) is 0 Å². The van der Waals surface area contributed by atoms with Gasteiger partial charge in [-0.25, -0.2) is 0 Å². The van der Waals surface area contributed by atoms with Crippen molar-refractivity contribution < 1.29 is 0 Å². The molecule has 2 nitrogen and oxygen atoms in total. The second kappa shape index (κ2) is 6.35. The van der Waals surface area contributed by atoms with E-state index < -0.39 is 0 Å². The number of hydrogen-bond donors (Lipinski definition) is 1. The molecule has 1 aliphatic rings. The Labute approximate surface area is 111 Å². The van der Waals surface area contributed by atoms with Gasteiger partial charge in [0.25, 0.3) is 0 Å². The van der Waals surface area contributed by atoms with E-state index in [1.54, 1.807) is 0 Å². The molecule has 0 bridgehead atoms. The van der Waals surface area contributed by atoms with Crippen molar-refractivity contribution in [3.63, 3.8) is 0 Å². The summed E-state index contributed by atoms with van der Waals surface area (Å²) in [7, 11) is 0. The summed E-state index contributed by atoms with van der Waals surface area (Å²) in [6.07, 6.45) is 2.44. The largest absolute Gasteiger partial charge is 0.311 e. The second-order valence-electron chi connectivity index (χ2n) is 5.36. The number of rotatable bonds is 4. The molecule has 3 atom stereocenters. The Kier molecular flexibility index (Phi) is 4.79. The van der Waals surface area contributed by atoms with Gasteiger partial charge in [0, 0.05) is 31.2 Å². The molecule has 1 aliphatic heterocycles. The Bertz CT molecular complexity index is 349. The molecule has 0 amide bonds. The molecule has 1 aromatic rings. The van der Waals surface area contributed by atoms with Crippen LogP contribution < -0.4 is 5.32 Å². The van der Waals surface area contributed by atoms with Crippen LogP contribution in [0.4, 0.5) is 0 Å². The summed E-state index contributed by atoms with van der Waals surface area (Å²) >= 11 is 0. The summed E-state index contributed by atoms with van der Waals surface area (Å²) in [6.45, 7) is 9.21. The Hall–Kier alpha value is -0.860. The highest BCUT2D eigenvalue weighted by atomic mass is 15.2. The fraction of sp³-hybridized carbons (Fsp3) is 0.625. The Morgan fingerprint density at radius 1 is 1.22 bits per heavy atom. The molecular formula is C16H26N2. The van der Waals surface area contributed by atoms with Crippen molar-refractivity contribution in [1.82, 2.24) is 10.2 Å². The van der Waals surface area contributed by atoms with E-state index in [-0.39, 0.29) is 0 Å². The van der Waals surface area contributed by atoms with Crippen LogP contribution in [0.15, 0.2) is 30.3 Å². The summed E-state index contributed by atoms with van der Waals surface area (Å²) in [5, 5.41) is 3.66. The standard InChI is InChI=1S/C16H26N2/c1-4-15-12-18(16(5-2)11-17-15)13(3)14-9-7-6-8-10-14/h6-10,13,15-17H,4-5,11-12H2,1-3H3. The zero-order valence-corrected chi connectivity index (χ0v) is 11.9. The number of piperazine rings is 1. The SMILES string of the molecule is CCC1CN(C(C)c2ccccc2)C(CC)CN1. The van der Waals surface area contributed by atoms with Crippen LogP contribution >= 0.6 is 0 Å². The first-order chi connectivity index (χ1) is 8.76. The normalized spacial score (nSPS) is 27.1. The van der Waals surface area contributed by atoms with Crippen molar-refractivity contribution in [2.45, 2.75) is 51.7 Å². The first kappa shape index (κ1) is 13.6. The Morgan fingerprint density at radius 3 is 2.56 bits per heavy atom. The molecule has 0 aromatic heterocycles. The Morgan fingerprint density at radius 2 is 1.94 bits per heavy atom. The van der Waals surface area contributed by atoms with Gasteiger partial charge in [-0.05, 0) is 25.3 Å². The van der Waals surface area contributed by atoms with E-state index in [9.17, 15) is 0 Å². The average Bonchev–Trinajstić information content (AvgIpc) is 2.46. The van der Waals surface area contributed by atoms with E-state index in [2.05, 4.69) is 61.3 Å². The smallest absolute Gasteiger partial charge is 0.0324 e. The molecule has 1 aromatic carbocycles. The predicted octanol–water partition coefficient (Wildman–Crippen LogP) is 3.21. The van der Waals surface area contributed by atoms with Crippen molar-refractivity contribution in [2.75, 3.05) is 13.1 Å². The summed E-state index contributed by atoms with van der Waals surface area (Å²) in [4.78, 5) is 2.68. The van der Waals surface area contributed by atoms with Crippen LogP contribution in [0.2, 0.25) is 0 Å². The van der Waals surface area contributed by atoms with Gasteiger partial charge in [-0.1, -0.05) is 44.2 Å². The first-order valence-corrected chi connectivity index (χ1v) is 7.30. The minimum absolute atomic E-state index is 0.521. The third-order valence-electron chi connectivity index (χ3n) is 4.29. The zero-order valence-electron chi connectivity index (χ0n) is 11.9. The Balaban J connectivity index is 2.12. The number of nitrogens with zero attached hydrogens (tertiary/aromatic N) is 1. The highest BCUT2D eigenvalue weighted by Gasteiger charge is 2.29. The molecule has 0 aliphatic carbocycles. The molecule has 0 spiro atoms. The predicted molar refractivity (Wildman–Crippen MR) is 77.7 cm³/mol. The molecule has 3 unspecified atom stereocenters. The molecule has 2 heteroatoms. The van der Waals surface area contributed by atoms with Crippen LogP contribution in [-0.2, 0) is 0 Å². The number of hydrogen-bond acceptors (Lipinski definition) is 2. The highest BCUT2D eigenvalue weighted by molar-refractivity contribution is 5.19. The summed E-state index contributed by atoms with van der Waals surface area (Å²) < 4.78 is 0. The molecule has 1 heterocycles. The fourth-order valence-electron chi connectivity index (χ4n) is 2.94. The number of benzene rings is 1. The lowest BCUT2D eigenvalue weighted by Gasteiger charge is -2.43.